The van der Waals surface area contributed by atoms with Crippen LogP contribution in [0.2, 0.25) is 0 Å². The minimum atomic E-state index is -0.665. The number of aryl methyl sites for hydroxylation is 1. The second kappa shape index (κ2) is 32.4. The molecule has 0 unspecified atom stereocenters. The summed E-state index contributed by atoms with van der Waals surface area (Å²) in [5.41, 5.74) is 3.25. The van der Waals surface area contributed by atoms with Crippen LogP contribution in [0, 0.1) is 12.8 Å². The number of thiophene rings is 1. The van der Waals surface area contributed by atoms with Gasteiger partial charge in [-0.1, -0.05) is 38.0 Å². The first kappa shape index (κ1) is 56.1. The second-order valence-corrected chi connectivity index (χ2v) is 17.7. The maximum absolute atomic E-state index is 13.7. The highest BCUT2D eigenvalue weighted by Crippen LogP contribution is 2.28. The molecule has 0 atom stereocenters. The van der Waals surface area contributed by atoms with Crippen molar-refractivity contribution in [3.05, 3.63) is 65.8 Å². The maximum Gasteiger partial charge on any atom is 0.335 e. The Bertz CT molecular complexity index is 2080. The summed E-state index contributed by atoms with van der Waals surface area (Å²) < 4.78 is 24.5. The van der Waals surface area contributed by atoms with Crippen LogP contribution in [0.1, 0.15) is 106 Å². The molecular formula is C50H72N6O12S. The Kier molecular flexibility index (Phi) is 26.3. The zero-order valence-corrected chi connectivity index (χ0v) is 41.2. The number of aromatic nitrogens is 1. The van der Waals surface area contributed by atoms with Crippen LogP contribution >= 0.6 is 11.3 Å². The summed E-state index contributed by atoms with van der Waals surface area (Å²) in [7, 11) is 0. The van der Waals surface area contributed by atoms with Gasteiger partial charge in [-0.3, -0.25) is 24.0 Å². The van der Waals surface area contributed by atoms with Gasteiger partial charge in [0.15, 0.2) is 0 Å². The fraction of sp³-hybridized carbons (Fsp3) is 0.580. The normalized spacial score (nSPS) is 14.5. The summed E-state index contributed by atoms with van der Waals surface area (Å²) in [6, 6.07) is 11.6. The Hall–Kier alpha value is -5.47. The predicted octanol–water partition coefficient (Wildman–Crippen LogP) is 5.79. The molecule has 18 nitrogen and oxygen atoms in total. The van der Waals surface area contributed by atoms with Crippen LogP contribution in [0.15, 0.2) is 54.6 Å². The van der Waals surface area contributed by atoms with E-state index >= 15 is 0 Å². The van der Waals surface area contributed by atoms with E-state index in [4.69, 9.17) is 23.8 Å². The fourth-order valence-electron chi connectivity index (χ4n) is 7.82. The van der Waals surface area contributed by atoms with Crippen LogP contribution in [0.4, 0.5) is 5.69 Å². The van der Waals surface area contributed by atoms with Gasteiger partial charge < -0.3 is 54.0 Å². The summed E-state index contributed by atoms with van der Waals surface area (Å²) in [6.07, 6.45) is 9.41. The van der Waals surface area contributed by atoms with Crippen molar-refractivity contribution >= 4 is 69.0 Å². The molecule has 19 heteroatoms. The van der Waals surface area contributed by atoms with E-state index in [1.807, 2.05) is 60.2 Å². The molecule has 0 radical (unpaired) electrons. The van der Waals surface area contributed by atoms with Crippen LogP contribution < -0.4 is 20.9 Å². The molecule has 0 aliphatic heterocycles. The number of hydroxylamine groups is 2. The molecule has 2 heterocycles. The molecule has 0 saturated heterocycles. The van der Waals surface area contributed by atoms with Crippen LogP contribution in [-0.2, 0) is 59.1 Å². The zero-order chi connectivity index (χ0) is 49.6. The quantitative estimate of drug-likeness (QED) is 0.0369. The van der Waals surface area contributed by atoms with Crippen molar-refractivity contribution in [2.75, 3.05) is 77.4 Å². The average molecular weight is 981 g/mol. The van der Waals surface area contributed by atoms with Gasteiger partial charge in [-0.25, -0.2) is 4.79 Å². The number of aldehydes is 1. The molecule has 69 heavy (non-hydrogen) atoms. The van der Waals surface area contributed by atoms with Gasteiger partial charge in [0, 0.05) is 62.7 Å². The number of fused-ring (bicyclic) bond motifs is 1. The molecule has 1 fully saturated rings. The lowest BCUT2D eigenvalue weighted by Crippen LogP contribution is -2.42. The van der Waals surface area contributed by atoms with Gasteiger partial charge in [0.25, 0.3) is 11.8 Å². The molecule has 1 saturated carbocycles. The lowest BCUT2D eigenvalue weighted by Gasteiger charge is -2.28. The van der Waals surface area contributed by atoms with E-state index in [0.717, 1.165) is 59.8 Å². The van der Waals surface area contributed by atoms with E-state index in [1.165, 1.54) is 0 Å². The molecule has 1 aliphatic rings. The minimum Gasteiger partial charge on any atom is -0.378 e. The van der Waals surface area contributed by atoms with Crippen molar-refractivity contribution in [3.63, 3.8) is 0 Å². The number of nitrogens with one attached hydrogen (secondary N) is 3. The first-order chi connectivity index (χ1) is 33.5. The molecular weight excluding hydrogens is 909 g/mol. The van der Waals surface area contributed by atoms with E-state index in [2.05, 4.69) is 22.5 Å². The lowest BCUT2D eigenvalue weighted by atomic mass is 9.85. The second-order valence-electron chi connectivity index (χ2n) is 16.7. The molecule has 4 rings (SSSR count). The molecule has 3 aromatic rings. The van der Waals surface area contributed by atoms with E-state index in [-0.39, 0.29) is 74.6 Å². The van der Waals surface area contributed by atoms with Gasteiger partial charge in [-0.05, 0) is 87.6 Å². The monoisotopic (exact) mass is 980 g/mol. The van der Waals surface area contributed by atoms with E-state index in [9.17, 15) is 33.6 Å². The SMILES string of the molecule is C=CN(OC(=O)CCOCCOCCOCCOCCNC(=O)CCCCCCCNC(=O)C1CCC(NC(=O)c2cc3sccc3n2CC(=O)N(CC)c2cccc(C)c2)CC1)C(=O)CCC=O. The molecule has 2 aromatic heterocycles. The number of rotatable bonds is 34. The van der Waals surface area contributed by atoms with Gasteiger partial charge in [0.1, 0.15) is 18.5 Å². The van der Waals surface area contributed by atoms with Gasteiger partial charge in [0.05, 0.1) is 69.5 Å². The Morgan fingerprint density at radius 1 is 0.783 bits per heavy atom. The number of ether oxygens (including phenoxy) is 4. The minimum absolute atomic E-state index is 0.00494. The number of hydrogen-bond donors (Lipinski definition) is 3. The van der Waals surface area contributed by atoms with Crippen molar-refractivity contribution in [1.29, 1.82) is 0 Å². The van der Waals surface area contributed by atoms with Crippen molar-refractivity contribution in [2.24, 2.45) is 5.92 Å². The number of nitrogens with zero attached hydrogens (tertiary/aromatic N) is 3. The van der Waals surface area contributed by atoms with Crippen LogP contribution in [-0.4, -0.2) is 130 Å². The zero-order valence-electron chi connectivity index (χ0n) is 40.4. The van der Waals surface area contributed by atoms with Crippen LogP contribution in [0.3, 0.4) is 0 Å². The van der Waals surface area contributed by atoms with Gasteiger partial charge in [0.2, 0.25) is 17.7 Å². The summed E-state index contributed by atoms with van der Waals surface area (Å²) in [4.78, 5) is 93.1. The molecule has 1 aromatic carbocycles. The molecule has 0 bridgehead atoms. The Morgan fingerprint density at radius 2 is 1.46 bits per heavy atom. The number of anilines is 1. The smallest absolute Gasteiger partial charge is 0.335 e. The van der Waals surface area contributed by atoms with Crippen molar-refractivity contribution in [3.8, 4) is 0 Å². The maximum atomic E-state index is 13.7. The molecule has 380 valence electrons. The molecule has 0 spiro atoms. The van der Waals surface area contributed by atoms with Gasteiger partial charge in [-0.2, -0.15) is 0 Å². The van der Waals surface area contributed by atoms with Crippen LogP contribution in [0.5, 0.6) is 0 Å². The van der Waals surface area contributed by atoms with Gasteiger partial charge >= 0.3 is 5.97 Å². The number of carbonyl (C=O) groups is 7. The van der Waals surface area contributed by atoms with Crippen molar-refractivity contribution in [1.82, 2.24) is 25.6 Å². The third kappa shape index (κ3) is 20.6. The highest BCUT2D eigenvalue weighted by molar-refractivity contribution is 7.17. The van der Waals surface area contributed by atoms with Gasteiger partial charge in [-0.15, -0.1) is 16.4 Å². The Labute approximate surface area is 409 Å². The largest absolute Gasteiger partial charge is 0.378 e. The highest BCUT2D eigenvalue weighted by Gasteiger charge is 2.29. The number of amides is 5. The fourth-order valence-corrected chi connectivity index (χ4v) is 8.64. The van der Waals surface area contributed by atoms with E-state index in [0.29, 0.717) is 108 Å². The third-order valence-corrected chi connectivity index (χ3v) is 12.4. The lowest BCUT2D eigenvalue weighted by molar-refractivity contribution is -0.188. The third-order valence-electron chi connectivity index (χ3n) is 11.5. The Balaban J connectivity index is 0.932. The number of hydrogen-bond acceptors (Lipinski definition) is 13. The van der Waals surface area contributed by atoms with E-state index in [1.54, 1.807) is 16.2 Å². The highest BCUT2D eigenvalue weighted by atomic mass is 32.1. The number of likely N-dealkylation sites (N-methyl/N-ethyl adjacent to an activating group) is 1. The topological polar surface area (TPSA) is 213 Å². The Morgan fingerprint density at radius 3 is 2.14 bits per heavy atom. The first-order valence-corrected chi connectivity index (χ1v) is 25.1. The molecule has 3 N–H and O–H groups in total. The standard InChI is InChI=1S/C50H72N6O12S/c1-4-54(41-14-11-13-38(3)35-41)47(60)37-55-42-22-34-69-44(42)36-43(55)50(63)53-40-19-17-39(18-20-40)49(62)52-23-10-8-6-7-9-15-45(58)51-24-27-65-29-31-67-33-32-66-30-28-64-26-21-48(61)68-56(5-2)46(59)16-12-25-57/h5,11,13-14,22,25,34-36,39-40H,2,4,6-10,12,15-21,23-24,26-33,37H2,1,3H3,(H,51,58)(H,52,62)(H,53,63). The molecule has 1 aliphatic carbocycles. The summed E-state index contributed by atoms with van der Waals surface area (Å²) in [6.45, 7) is 11.5. The number of benzene rings is 1. The van der Waals surface area contributed by atoms with E-state index < -0.39 is 11.9 Å². The number of carbonyl (C=O) groups excluding carboxylic acids is 7. The summed E-state index contributed by atoms with van der Waals surface area (Å²) >= 11 is 1.54. The predicted molar refractivity (Wildman–Crippen MR) is 262 cm³/mol. The van der Waals surface area contributed by atoms with Crippen molar-refractivity contribution in [2.45, 2.75) is 110 Å². The van der Waals surface area contributed by atoms with Crippen molar-refractivity contribution < 1.29 is 57.3 Å². The number of unbranched alkanes of at least 4 members (excludes halogenated alkanes) is 4. The summed E-state index contributed by atoms with van der Waals surface area (Å²) in [5, 5.41) is 11.8. The van der Waals surface area contributed by atoms with Crippen LogP contribution in [0.25, 0.3) is 10.2 Å². The first-order valence-electron chi connectivity index (χ1n) is 24.2. The summed E-state index contributed by atoms with van der Waals surface area (Å²) in [5.74, 6) is -1.51. The molecule has 5 amide bonds. The average Bonchev–Trinajstić information content (AvgIpc) is 3.95.